The van der Waals surface area contributed by atoms with Crippen molar-refractivity contribution in [2.45, 2.75) is 58.4 Å². The molecule has 0 radical (unpaired) electrons. The number of alkyl halides is 3. The lowest BCUT2D eigenvalue weighted by Gasteiger charge is -2.22. The molecule has 0 saturated carbocycles. The Hall–Kier alpha value is -3.11. The summed E-state index contributed by atoms with van der Waals surface area (Å²) >= 11 is 0. The molecule has 2 amide bonds. The topological polar surface area (TPSA) is 89.2 Å². The number of aryl methyl sites for hydroxylation is 1. The number of carbonyl (C=O) groups excluding carboxylic acids is 2. The van der Waals surface area contributed by atoms with Crippen LogP contribution in [-0.4, -0.2) is 43.8 Å². The van der Waals surface area contributed by atoms with Crippen molar-refractivity contribution in [2.75, 3.05) is 11.9 Å². The Kier molecular flexibility index (Phi) is 6.81. The molecule has 8 nitrogen and oxygen atoms in total. The SMILES string of the molecule is CCN(Cc1cccc(NC(=O)Cn2nc3n(c2=O)CCCCC3)c1)C(=O)C(F)(F)F. The number of halogens is 3. The number of nitrogens with zero attached hydrogens (tertiary/aromatic N) is 4. The second kappa shape index (κ2) is 9.36. The van der Waals surface area contributed by atoms with Gasteiger partial charge in [-0.2, -0.15) is 18.3 Å². The zero-order chi connectivity index (χ0) is 22.6. The number of hydrogen-bond donors (Lipinski definition) is 1. The molecule has 0 bridgehead atoms. The van der Waals surface area contributed by atoms with Crippen LogP contribution in [-0.2, 0) is 35.6 Å². The van der Waals surface area contributed by atoms with Gasteiger partial charge in [0.05, 0.1) is 0 Å². The maximum atomic E-state index is 12.7. The van der Waals surface area contributed by atoms with Crippen LogP contribution >= 0.6 is 0 Å². The van der Waals surface area contributed by atoms with E-state index in [0.717, 1.165) is 23.9 Å². The molecule has 11 heteroatoms. The van der Waals surface area contributed by atoms with Crippen LogP contribution in [0.4, 0.5) is 18.9 Å². The number of carbonyl (C=O) groups is 2. The summed E-state index contributed by atoms with van der Waals surface area (Å²) in [6.07, 6.45) is -1.39. The third kappa shape index (κ3) is 5.53. The molecule has 1 aromatic heterocycles. The van der Waals surface area contributed by atoms with Crippen LogP contribution in [0, 0.1) is 0 Å². The first-order chi connectivity index (χ1) is 14.7. The van der Waals surface area contributed by atoms with Gasteiger partial charge < -0.3 is 10.2 Å². The largest absolute Gasteiger partial charge is 0.471 e. The van der Waals surface area contributed by atoms with Gasteiger partial charge in [0.15, 0.2) is 0 Å². The second-order valence-corrected chi connectivity index (χ2v) is 7.38. The summed E-state index contributed by atoms with van der Waals surface area (Å²) in [5.74, 6) is -1.72. The van der Waals surface area contributed by atoms with Crippen LogP contribution in [0.15, 0.2) is 29.1 Å². The fourth-order valence-corrected chi connectivity index (χ4v) is 3.54. The minimum absolute atomic E-state index is 0.108. The van der Waals surface area contributed by atoms with Gasteiger partial charge in [0.25, 0.3) is 0 Å². The lowest BCUT2D eigenvalue weighted by Crippen LogP contribution is -2.40. The smallest absolute Gasteiger partial charge is 0.331 e. The van der Waals surface area contributed by atoms with Gasteiger partial charge in [-0.1, -0.05) is 18.6 Å². The van der Waals surface area contributed by atoms with Crippen LogP contribution in [0.2, 0.25) is 0 Å². The van der Waals surface area contributed by atoms with Crippen molar-refractivity contribution in [2.24, 2.45) is 0 Å². The van der Waals surface area contributed by atoms with Gasteiger partial charge in [-0.15, -0.1) is 0 Å². The van der Waals surface area contributed by atoms with Crippen molar-refractivity contribution in [1.29, 1.82) is 0 Å². The first-order valence-electron chi connectivity index (χ1n) is 10.1. The van der Waals surface area contributed by atoms with Crippen molar-refractivity contribution in [3.8, 4) is 0 Å². The minimum atomic E-state index is -4.95. The Balaban J connectivity index is 1.66. The highest BCUT2D eigenvalue weighted by atomic mass is 19.4. The Labute approximate surface area is 176 Å². The van der Waals surface area contributed by atoms with E-state index in [0.29, 0.717) is 34.9 Å². The lowest BCUT2D eigenvalue weighted by molar-refractivity contribution is -0.185. The Morgan fingerprint density at radius 2 is 2.00 bits per heavy atom. The molecule has 0 aliphatic carbocycles. The fourth-order valence-electron chi connectivity index (χ4n) is 3.54. The molecule has 0 fully saturated rings. The molecular weight excluding hydrogens is 415 g/mol. The molecule has 168 valence electrons. The lowest BCUT2D eigenvalue weighted by atomic mass is 10.2. The Morgan fingerprint density at radius 1 is 1.23 bits per heavy atom. The molecule has 2 aromatic rings. The minimum Gasteiger partial charge on any atom is -0.331 e. The first-order valence-corrected chi connectivity index (χ1v) is 10.1. The van der Waals surface area contributed by atoms with Gasteiger partial charge in [-0.3, -0.25) is 14.2 Å². The maximum Gasteiger partial charge on any atom is 0.471 e. The van der Waals surface area contributed by atoms with Crippen LogP contribution in [0.5, 0.6) is 0 Å². The molecule has 0 atom stereocenters. The van der Waals surface area contributed by atoms with E-state index >= 15 is 0 Å². The molecule has 1 N–H and O–H groups in total. The van der Waals surface area contributed by atoms with Gasteiger partial charge in [-0.05, 0) is 37.5 Å². The predicted molar refractivity (Wildman–Crippen MR) is 106 cm³/mol. The fraction of sp³-hybridized carbons (Fsp3) is 0.500. The van der Waals surface area contributed by atoms with E-state index < -0.39 is 18.0 Å². The normalized spacial score (nSPS) is 13.9. The summed E-state index contributed by atoms with van der Waals surface area (Å²) in [5, 5.41) is 6.89. The molecule has 0 saturated heterocycles. The quantitative estimate of drug-likeness (QED) is 0.748. The first kappa shape index (κ1) is 22.6. The van der Waals surface area contributed by atoms with Gasteiger partial charge in [0, 0.05) is 31.7 Å². The number of aromatic nitrogens is 3. The van der Waals surface area contributed by atoms with E-state index in [9.17, 15) is 27.6 Å². The van der Waals surface area contributed by atoms with Crippen molar-refractivity contribution in [3.05, 3.63) is 46.1 Å². The number of fused-ring (bicyclic) bond motifs is 1. The van der Waals surface area contributed by atoms with Crippen molar-refractivity contribution < 1.29 is 22.8 Å². The van der Waals surface area contributed by atoms with Crippen LogP contribution in [0.25, 0.3) is 0 Å². The third-order valence-corrected chi connectivity index (χ3v) is 5.07. The highest BCUT2D eigenvalue weighted by molar-refractivity contribution is 5.90. The molecule has 1 aliphatic heterocycles. The summed E-state index contributed by atoms with van der Waals surface area (Å²) in [6.45, 7) is 1.42. The monoisotopic (exact) mass is 439 g/mol. The number of benzene rings is 1. The Bertz CT molecular complexity index is 1010. The highest BCUT2D eigenvalue weighted by Gasteiger charge is 2.41. The molecule has 0 spiro atoms. The maximum absolute atomic E-state index is 12.7. The number of nitrogens with one attached hydrogen (secondary N) is 1. The predicted octanol–water partition coefficient (Wildman–Crippen LogP) is 2.32. The molecule has 3 rings (SSSR count). The summed E-state index contributed by atoms with van der Waals surface area (Å²) < 4.78 is 40.8. The average Bonchev–Trinajstić information content (AvgIpc) is 2.87. The number of amides is 2. The summed E-state index contributed by atoms with van der Waals surface area (Å²) in [4.78, 5) is 37.0. The highest BCUT2D eigenvalue weighted by Crippen LogP contribution is 2.21. The van der Waals surface area contributed by atoms with Gasteiger partial charge in [-0.25, -0.2) is 9.48 Å². The van der Waals surface area contributed by atoms with Crippen LogP contribution in [0.1, 0.15) is 37.6 Å². The Morgan fingerprint density at radius 3 is 2.71 bits per heavy atom. The molecule has 1 aromatic carbocycles. The van der Waals surface area contributed by atoms with E-state index in [-0.39, 0.29) is 25.3 Å². The molecule has 0 unspecified atom stereocenters. The van der Waals surface area contributed by atoms with Crippen LogP contribution < -0.4 is 11.0 Å². The van der Waals surface area contributed by atoms with E-state index in [1.165, 1.54) is 13.0 Å². The number of anilines is 1. The molecule has 31 heavy (non-hydrogen) atoms. The van der Waals surface area contributed by atoms with Crippen molar-refractivity contribution in [3.63, 3.8) is 0 Å². The van der Waals surface area contributed by atoms with E-state index in [1.54, 1.807) is 22.8 Å². The average molecular weight is 439 g/mol. The van der Waals surface area contributed by atoms with Gasteiger partial charge >= 0.3 is 17.8 Å². The standard InChI is InChI=1S/C20H24F3N5O3/c1-2-26(18(30)20(21,22)23)12-14-7-6-8-15(11-14)24-17(29)13-28-19(31)27-10-5-3-4-9-16(27)25-28/h6-8,11H,2-5,9-10,12-13H2,1H3,(H,24,29). The summed E-state index contributed by atoms with van der Waals surface area (Å²) in [7, 11) is 0. The third-order valence-electron chi connectivity index (χ3n) is 5.07. The van der Waals surface area contributed by atoms with Crippen molar-refractivity contribution >= 4 is 17.5 Å². The van der Waals surface area contributed by atoms with Gasteiger partial charge in [0.1, 0.15) is 12.4 Å². The van der Waals surface area contributed by atoms with Crippen LogP contribution in [0.3, 0.4) is 0 Å². The molecule has 1 aliphatic rings. The van der Waals surface area contributed by atoms with Gasteiger partial charge in [0.2, 0.25) is 5.91 Å². The zero-order valence-corrected chi connectivity index (χ0v) is 17.1. The van der Waals surface area contributed by atoms with E-state index in [4.69, 9.17) is 0 Å². The second-order valence-electron chi connectivity index (χ2n) is 7.38. The number of rotatable bonds is 6. The molecular formula is C20H24F3N5O3. The summed E-state index contributed by atoms with van der Waals surface area (Å²) in [5.41, 5.74) is 0.458. The number of hydrogen-bond acceptors (Lipinski definition) is 4. The summed E-state index contributed by atoms with van der Waals surface area (Å²) in [6, 6.07) is 6.21. The van der Waals surface area contributed by atoms with E-state index in [1.807, 2.05) is 0 Å². The van der Waals surface area contributed by atoms with Crippen molar-refractivity contribution in [1.82, 2.24) is 19.2 Å². The van der Waals surface area contributed by atoms with E-state index in [2.05, 4.69) is 10.4 Å². The zero-order valence-electron chi connectivity index (χ0n) is 17.1. The molecule has 2 heterocycles.